The molecule has 0 spiro atoms. The zero-order chi connectivity index (χ0) is 16.6. The van der Waals surface area contributed by atoms with Crippen LogP contribution in [0.25, 0.3) is 0 Å². The monoisotopic (exact) mass is 329 g/mol. The summed E-state index contributed by atoms with van der Waals surface area (Å²) < 4.78 is 76.5. The number of rotatable bonds is 4. The van der Waals surface area contributed by atoms with Crippen LogP contribution in [0.15, 0.2) is 23.1 Å². The van der Waals surface area contributed by atoms with Gasteiger partial charge in [-0.1, -0.05) is 6.07 Å². The third-order valence-electron chi connectivity index (χ3n) is 2.71. The predicted molar refractivity (Wildman–Crippen MR) is 63.6 cm³/mol. The molecule has 1 rings (SSSR count). The summed E-state index contributed by atoms with van der Waals surface area (Å²) >= 11 is 0. The smallest absolute Gasteiger partial charge is 0.418 e. The molecule has 0 heterocycles. The lowest BCUT2D eigenvalue weighted by molar-refractivity contribution is -0.201. The second-order valence-electron chi connectivity index (χ2n) is 4.47. The number of carboxylic acids is 1. The highest BCUT2D eigenvalue weighted by Gasteiger charge is 2.59. The fourth-order valence-electron chi connectivity index (χ4n) is 1.36. The van der Waals surface area contributed by atoms with Crippen molar-refractivity contribution in [1.29, 1.82) is 0 Å². The lowest BCUT2D eigenvalue weighted by Gasteiger charge is -2.28. The van der Waals surface area contributed by atoms with Crippen LogP contribution >= 0.6 is 0 Å². The molecule has 0 fully saturated rings. The Morgan fingerprint density at radius 2 is 1.81 bits per heavy atom. The van der Waals surface area contributed by atoms with Crippen LogP contribution in [0.2, 0.25) is 0 Å². The number of carbonyl (C=O) groups is 1. The molecule has 0 amide bonds. The van der Waals surface area contributed by atoms with Crippen LogP contribution in [-0.2, 0) is 14.8 Å². The lowest BCUT2D eigenvalue weighted by Crippen LogP contribution is -2.61. The topological polar surface area (TPSA) is 83.5 Å². The predicted octanol–water partition coefficient (Wildman–Crippen LogP) is 1.82. The van der Waals surface area contributed by atoms with Gasteiger partial charge in [-0.15, -0.1) is 0 Å². The van der Waals surface area contributed by atoms with Crippen LogP contribution in [0.4, 0.5) is 17.6 Å². The number of nitrogens with one attached hydrogen (secondary N) is 1. The van der Waals surface area contributed by atoms with Crippen molar-refractivity contribution in [3.63, 3.8) is 0 Å². The van der Waals surface area contributed by atoms with Gasteiger partial charge in [-0.25, -0.2) is 17.6 Å². The van der Waals surface area contributed by atoms with E-state index in [-0.39, 0.29) is 12.5 Å². The van der Waals surface area contributed by atoms with E-state index in [0.717, 1.165) is 16.9 Å². The Hall–Kier alpha value is -1.68. The molecule has 0 saturated carbocycles. The molecule has 0 saturated heterocycles. The van der Waals surface area contributed by atoms with Gasteiger partial charge in [0, 0.05) is 0 Å². The maximum Gasteiger partial charge on any atom is 0.418 e. The molecule has 21 heavy (non-hydrogen) atoms. The molecule has 0 aliphatic carbocycles. The van der Waals surface area contributed by atoms with Crippen molar-refractivity contribution in [3.8, 4) is 0 Å². The molecule has 0 aliphatic heterocycles. The van der Waals surface area contributed by atoms with E-state index in [9.17, 15) is 30.8 Å². The minimum Gasteiger partial charge on any atom is -0.480 e. The summed E-state index contributed by atoms with van der Waals surface area (Å²) in [6.07, 6.45) is -5.41. The molecule has 1 unspecified atom stereocenters. The molecule has 2 N–H and O–H groups in total. The zero-order valence-corrected chi connectivity index (χ0v) is 11.6. The van der Waals surface area contributed by atoms with E-state index >= 15 is 0 Å². The van der Waals surface area contributed by atoms with Gasteiger partial charge in [-0.05, 0) is 31.5 Å². The quantitative estimate of drug-likeness (QED) is 0.826. The standard InChI is InChI=1S/C11H11F4NO4S/c1-6-3-4-7(12)8(5-6)21(19,20)16-10(2,9(17)18)11(13,14)15/h3-5,16H,1-2H3,(H,17,18). The average molecular weight is 329 g/mol. The summed E-state index contributed by atoms with van der Waals surface area (Å²) in [5, 5.41) is 8.66. The molecule has 1 aromatic carbocycles. The summed E-state index contributed by atoms with van der Waals surface area (Å²) in [5.74, 6) is -3.74. The third kappa shape index (κ3) is 3.32. The number of carboxylic acid groups (broad SMARTS) is 1. The Bertz CT molecular complexity index is 671. The SMILES string of the molecule is Cc1ccc(F)c(S(=O)(=O)NC(C)(C(=O)O)C(F)(F)F)c1. The Labute approximate surface area is 117 Å². The van der Waals surface area contributed by atoms with Crippen molar-refractivity contribution in [2.75, 3.05) is 0 Å². The van der Waals surface area contributed by atoms with E-state index in [1.807, 2.05) is 0 Å². The molecule has 118 valence electrons. The van der Waals surface area contributed by atoms with Gasteiger partial charge in [-0.2, -0.15) is 17.9 Å². The van der Waals surface area contributed by atoms with Crippen molar-refractivity contribution in [3.05, 3.63) is 29.6 Å². The summed E-state index contributed by atoms with van der Waals surface area (Å²) in [6.45, 7) is 1.54. The highest BCUT2D eigenvalue weighted by molar-refractivity contribution is 7.89. The van der Waals surface area contributed by atoms with Gasteiger partial charge in [-0.3, -0.25) is 0 Å². The summed E-state index contributed by atoms with van der Waals surface area (Å²) in [7, 11) is -5.03. The Morgan fingerprint density at radius 3 is 2.24 bits per heavy atom. The number of hydrogen-bond acceptors (Lipinski definition) is 3. The molecule has 0 bridgehead atoms. The van der Waals surface area contributed by atoms with E-state index in [0.29, 0.717) is 0 Å². The summed E-state index contributed by atoms with van der Waals surface area (Å²) in [4.78, 5) is 9.73. The number of alkyl halides is 3. The highest BCUT2D eigenvalue weighted by Crippen LogP contribution is 2.32. The van der Waals surface area contributed by atoms with Gasteiger partial charge in [0.15, 0.2) is 0 Å². The summed E-state index contributed by atoms with van der Waals surface area (Å²) in [6, 6.07) is 2.78. The van der Waals surface area contributed by atoms with Crippen molar-refractivity contribution >= 4 is 16.0 Å². The number of aryl methyl sites for hydroxylation is 1. The first-order valence-corrected chi connectivity index (χ1v) is 6.90. The molecule has 1 atom stereocenters. The fraction of sp³-hybridized carbons (Fsp3) is 0.364. The van der Waals surface area contributed by atoms with Crippen LogP contribution in [0.1, 0.15) is 12.5 Å². The average Bonchev–Trinajstić information content (AvgIpc) is 2.29. The zero-order valence-electron chi connectivity index (χ0n) is 10.8. The van der Waals surface area contributed by atoms with Gasteiger partial charge in [0.25, 0.3) is 0 Å². The van der Waals surface area contributed by atoms with E-state index < -0.39 is 38.4 Å². The van der Waals surface area contributed by atoms with E-state index in [1.54, 1.807) is 0 Å². The Balaban J connectivity index is 3.39. The Kier molecular flexibility index (Phi) is 4.35. The minimum absolute atomic E-state index is 0.139. The third-order valence-corrected chi connectivity index (χ3v) is 4.28. The number of halogens is 4. The maximum atomic E-state index is 13.5. The molecule has 10 heteroatoms. The fourth-order valence-corrected chi connectivity index (χ4v) is 2.88. The first-order chi connectivity index (χ1) is 9.31. The van der Waals surface area contributed by atoms with Crippen LogP contribution < -0.4 is 4.72 Å². The number of sulfonamides is 1. The van der Waals surface area contributed by atoms with Crippen LogP contribution in [0.5, 0.6) is 0 Å². The number of benzene rings is 1. The summed E-state index contributed by atoms with van der Waals surface area (Å²) in [5.41, 5.74) is -3.50. The van der Waals surface area contributed by atoms with Crippen LogP contribution in [0, 0.1) is 12.7 Å². The van der Waals surface area contributed by atoms with E-state index in [2.05, 4.69) is 0 Å². The number of aliphatic carboxylic acids is 1. The van der Waals surface area contributed by atoms with E-state index in [4.69, 9.17) is 5.11 Å². The van der Waals surface area contributed by atoms with Gasteiger partial charge in [0.2, 0.25) is 15.6 Å². The van der Waals surface area contributed by atoms with E-state index in [1.165, 1.54) is 13.0 Å². The normalized spacial score (nSPS) is 15.5. The van der Waals surface area contributed by atoms with Crippen LogP contribution in [0.3, 0.4) is 0 Å². The Morgan fingerprint density at radius 1 is 1.29 bits per heavy atom. The second kappa shape index (κ2) is 5.26. The lowest BCUT2D eigenvalue weighted by atomic mass is 10.0. The molecule has 0 aliphatic rings. The van der Waals surface area contributed by atoms with Gasteiger partial charge in [0.1, 0.15) is 10.7 Å². The van der Waals surface area contributed by atoms with Crippen molar-refractivity contribution in [1.82, 2.24) is 4.72 Å². The van der Waals surface area contributed by atoms with Crippen LogP contribution in [-0.4, -0.2) is 31.2 Å². The second-order valence-corrected chi connectivity index (χ2v) is 6.12. The van der Waals surface area contributed by atoms with Crippen molar-refractivity contribution in [2.45, 2.75) is 30.5 Å². The van der Waals surface area contributed by atoms with Gasteiger partial charge in [0.05, 0.1) is 0 Å². The molecule has 0 radical (unpaired) electrons. The highest BCUT2D eigenvalue weighted by atomic mass is 32.2. The minimum atomic E-state index is -5.41. The van der Waals surface area contributed by atoms with Crippen molar-refractivity contribution in [2.24, 2.45) is 0 Å². The molecule has 5 nitrogen and oxygen atoms in total. The molecular formula is C11H11F4NO4S. The molecule has 1 aromatic rings. The largest absolute Gasteiger partial charge is 0.480 e. The molecule has 0 aromatic heterocycles. The van der Waals surface area contributed by atoms with Gasteiger partial charge >= 0.3 is 12.1 Å². The van der Waals surface area contributed by atoms with Gasteiger partial charge < -0.3 is 5.11 Å². The molecular weight excluding hydrogens is 318 g/mol. The maximum absolute atomic E-state index is 13.5. The first-order valence-electron chi connectivity index (χ1n) is 5.41. The first kappa shape index (κ1) is 17.4. The number of hydrogen-bond donors (Lipinski definition) is 2. The van der Waals surface area contributed by atoms with Crippen molar-refractivity contribution < 1.29 is 35.9 Å².